The molecule has 1 aromatic rings. The van der Waals surface area contributed by atoms with E-state index < -0.39 is 29.1 Å². The minimum Gasteiger partial charge on any atom is -0.204 e. The minimum atomic E-state index is -4.52. The first-order chi connectivity index (χ1) is 5.84. The van der Waals surface area contributed by atoms with Crippen LogP contribution in [0.25, 0.3) is 0 Å². The number of alkyl halides is 2. The van der Waals surface area contributed by atoms with Gasteiger partial charge in [0.15, 0.2) is 17.5 Å². The van der Waals surface area contributed by atoms with Crippen LogP contribution in [-0.4, -0.2) is 0 Å². The Hall–Kier alpha value is -1.17. The van der Waals surface area contributed by atoms with Gasteiger partial charge in [-0.2, -0.15) is 8.78 Å². The molecule has 0 aliphatic heterocycles. The normalized spacial score (nSPS) is 11.8. The molecular weight excluding hydrogens is 193 g/mol. The molecule has 0 aliphatic rings. The Morgan fingerprint density at radius 2 is 1.54 bits per heavy atom. The van der Waals surface area contributed by atoms with Crippen LogP contribution >= 0.6 is 0 Å². The highest BCUT2D eigenvalue weighted by Gasteiger charge is 2.34. The molecular formula is C7H2F5N. The maximum absolute atomic E-state index is 12.5. The number of hydrogen-bond donors (Lipinski definition) is 0. The van der Waals surface area contributed by atoms with Crippen LogP contribution in [-0.2, 0) is 6.05 Å². The molecule has 0 saturated heterocycles. The van der Waals surface area contributed by atoms with Crippen molar-refractivity contribution in [3.8, 4) is 0 Å². The molecule has 0 N–H and O–H groups in total. The number of hydrogen-bond acceptors (Lipinski definition) is 0. The number of benzene rings is 1. The second kappa shape index (κ2) is 2.95. The fraction of sp³-hybridized carbons (Fsp3) is 0.143. The summed E-state index contributed by atoms with van der Waals surface area (Å²) in [7, 11) is 0. The van der Waals surface area contributed by atoms with Gasteiger partial charge >= 0.3 is 6.05 Å². The topological polar surface area (TPSA) is 22.3 Å². The van der Waals surface area contributed by atoms with Crippen LogP contribution in [0.15, 0.2) is 12.1 Å². The van der Waals surface area contributed by atoms with Gasteiger partial charge in [0.1, 0.15) is 0 Å². The predicted molar refractivity (Wildman–Crippen MR) is 32.3 cm³/mol. The molecule has 13 heavy (non-hydrogen) atoms. The summed E-state index contributed by atoms with van der Waals surface area (Å²) in [5, 5.41) is 0. The summed E-state index contributed by atoms with van der Waals surface area (Å²) in [5.41, 5.74) is 6.43. The van der Waals surface area contributed by atoms with E-state index >= 15 is 0 Å². The largest absolute Gasteiger partial charge is 0.362 e. The van der Waals surface area contributed by atoms with Crippen molar-refractivity contribution in [2.75, 3.05) is 0 Å². The Kier molecular flexibility index (Phi) is 2.25. The standard InChI is InChI=1S/C7H2F5N/c8-4-2-1-3(7(11,12)13)5(9)6(4)10/h1-2H. The zero-order chi connectivity index (χ0) is 10.2. The van der Waals surface area contributed by atoms with E-state index in [4.69, 9.17) is 5.73 Å². The predicted octanol–water partition coefficient (Wildman–Crippen LogP) is 2.22. The maximum Gasteiger partial charge on any atom is 0.362 e. The molecule has 0 aromatic heterocycles. The first-order valence-electron chi connectivity index (χ1n) is 3.08. The van der Waals surface area contributed by atoms with E-state index in [1.807, 2.05) is 0 Å². The average molecular weight is 195 g/mol. The molecule has 2 radical (unpaired) electrons. The van der Waals surface area contributed by atoms with Crippen molar-refractivity contribution in [3.05, 3.63) is 35.1 Å². The van der Waals surface area contributed by atoms with Crippen molar-refractivity contribution < 1.29 is 22.0 Å². The SMILES string of the molecule is [N]C(F)(F)c1ccc(F)c(F)c1F. The zero-order valence-corrected chi connectivity index (χ0v) is 5.99. The molecule has 0 bridgehead atoms. The number of rotatable bonds is 1. The van der Waals surface area contributed by atoms with E-state index in [0.717, 1.165) is 0 Å². The van der Waals surface area contributed by atoms with Gasteiger partial charge in [-0.25, -0.2) is 13.2 Å². The van der Waals surface area contributed by atoms with Gasteiger partial charge in [0.25, 0.3) is 0 Å². The first kappa shape index (κ1) is 9.91. The molecule has 0 atom stereocenters. The minimum absolute atomic E-state index is 0.272. The van der Waals surface area contributed by atoms with E-state index in [1.54, 1.807) is 0 Å². The van der Waals surface area contributed by atoms with Crippen LogP contribution in [0.4, 0.5) is 22.0 Å². The van der Waals surface area contributed by atoms with Gasteiger partial charge in [0.05, 0.1) is 5.56 Å². The van der Waals surface area contributed by atoms with Gasteiger partial charge < -0.3 is 0 Å². The van der Waals surface area contributed by atoms with Crippen LogP contribution < -0.4 is 5.73 Å². The highest BCUT2D eigenvalue weighted by Crippen LogP contribution is 2.27. The molecule has 0 heterocycles. The molecule has 0 unspecified atom stereocenters. The lowest BCUT2D eigenvalue weighted by molar-refractivity contribution is -0.0102. The Morgan fingerprint density at radius 3 is 2.00 bits per heavy atom. The fourth-order valence-electron chi connectivity index (χ4n) is 0.758. The summed E-state index contributed by atoms with van der Waals surface area (Å²) in [6, 6.07) is -3.94. The molecule has 1 rings (SSSR count). The van der Waals surface area contributed by atoms with Crippen molar-refractivity contribution in [2.24, 2.45) is 0 Å². The third-order valence-electron chi connectivity index (χ3n) is 1.36. The van der Waals surface area contributed by atoms with Crippen molar-refractivity contribution >= 4 is 0 Å². The van der Waals surface area contributed by atoms with Crippen LogP contribution in [0.5, 0.6) is 0 Å². The Morgan fingerprint density at radius 1 is 1.00 bits per heavy atom. The van der Waals surface area contributed by atoms with E-state index in [0.29, 0.717) is 6.07 Å². The Labute approximate surface area is 70.0 Å². The molecule has 0 amide bonds. The van der Waals surface area contributed by atoms with Gasteiger partial charge in [-0.15, -0.1) is 0 Å². The molecule has 0 saturated carbocycles. The highest BCUT2D eigenvalue weighted by atomic mass is 19.3. The molecule has 0 fully saturated rings. The van der Waals surface area contributed by atoms with E-state index in [-0.39, 0.29) is 6.07 Å². The monoisotopic (exact) mass is 195 g/mol. The van der Waals surface area contributed by atoms with Crippen molar-refractivity contribution in [2.45, 2.75) is 6.05 Å². The highest BCUT2D eigenvalue weighted by molar-refractivity contribution is 5.23. The summed E-state index contributed by atoms with van der Waals surface area (Å²) in [5.74, 6) is -5.72. The fourth-order valence-corrected chi connectivity index (χ4v) is 0.758. The second-order valence-electron chi connectivity index (χ2n) is 2.26. The van der Waals surface area contributed by atoms with Crippen molar-refractivity contribution in [1.29, 1.82) is 0 Å². The third kappa shape index (κ3) is 1.77. The Balaban J connectivity index is 3.35. The lowest BCUT2D eigenvalue weighted by atomic mass is 10.1. The molecule has 1 nitrogen and oxygen atoms in total. The molecule has 0 spiro atoms. The van der Waals surface area contributed by atoms with Gasteiger partial charge in [-0.3, -0.25) is 0 Å². The molecule has 6 heteroatoms. The lowest BCUT2D eigenvalue weighted by Gasteiger charge is -2.08. The van der Waals surface area contributed by atoms with Crippen LogP contribution in [0, 0.1) is 17.5 Å². The molecule has 1 aromatic carbocycles. The van der Waals surface area contributed by atoms with Gasteiger partial charge in [-0.1, -0.05) is 5.73 Å². The summed E-state index contributed by atoms with van der Waals surface area (Å²) >= 11 is 0. The molecule has 70 valence electrons. The van der Waals surface area contributed by atoms with Gasteiger partial charge in [0.2, 0.25) is 0 Å². The quantitative estimate of drug-likeness (QED) is 0.372. The van der Waals surface area contributed by atoms with E-state index in [9.17, 15) is 22.0 Å². The average Bonchev–Trinajstić information content (AvgIpc) is 1.98. The third-order valence-corrected chi connectivity index (χ3v) is 1.36. The summed E-state index contributed by atoms with van der Waals surface area (Å²) in [6.07, 6.45) is 0. The summed E-state index contributed by atoms with van der Waals surface area (Å²) in [6.45, 7) is 0. The first-order valence-corrected chi connectivity index (χ1v) is 3.08. The van der Waals surface area contributed by atoms with Crippen LogP contribution in [0.1, 0.15) is 5.56 Å². The summed E-state index contributed by atoms with van der Waals surface area (Å²) < 4.78 is 61.1. The van der Waals surface area contributed by atoms with Crippen LogP contribution in [0.3, 0.4) is 0 Å². The maximum atomic E-state index is 12.5. The van der Waals surface area contributed by atoms with Gasteiger partial charge in [-0.05, 0) is 12.1 Å². The lowest BCUT2D eigenvalue weighted by Crippen LogP contribution is -2.17. The number of nitrogens with zero attached hydrogens (tertiary/aromatic N) is 1. The van der Waals surface area contributed by atoms with E-state index in [2.05, 4.69) is 0 Å². The number of halogens is 5. The van der Waals surface area contributed by atoms with Crippen molar-refractivity contribution in [3.63, 3.8) is 0 Å². The van der Waals surface area contributed by atoms with Crippen LogP contribution in [0.2, 0.25) is 0 Å². The second-order valence-corrected chi connectivity index (χ2v) is 2.26. The summed E-state index contributed by atoms with van der Waals surface area (Å²) in [4.78, 5) is 0. The van der Waals surface area contributed by atoms with Gasteiger partial charge in [0, 0.05) is 0 Å². The Bertz CT molecular complexity index is 330. The molecule has 0 aliphatic carbocycles. The van der Waals surface area contributed by atoms with E-state index in [1.165, 1.54) is 0 Å². The zero-order valence-electron chi connectivity index (χ0n) is 5.99. The van der Waals surface area contributed by atoms with Crippen molar-refractivity contribution in [1.82, 2.24) is 5.73 Å². The smallest absolute Gasteiger partial charge is 0.204 e.